The summed E-state index contributed by atoms with van der Waals surface area (Å²) >= 11 is 0. The molecular weight excluding hydrogens is 354 g/mol. The fourth-order valence-electron chi connectivity index (χ4n) is 2.61. The Morgan fingerprint density at radius 1 is 0.964 bits per heavy atom. The minimum Gasteiger partial charge on any atom is -0.493 e. The van der Waals surface area contributed by atoms with Crippen molar-refractivity contribution in [3.05, 3.63) is 59.2 Å². The topological polar surface area (TPSA) is 56.8 Å². The maximum absolute atomic E-state index is 12.5. The Kier molecular flexibility index (Phi) is 7.10. The zero-order valence-electron chi connectivity index (χ0n) is 17.5. The van der Waals surface area contributed by atoms with Crippen LogP contribution in [0.15, 0.2) is 42.5 Å². The highest BCUT2D eigenvalue weighted by atomic mass is 16.5. The molecule has 0 spiro atoms. The van der Waals surface area contributed by atoms with Gasteiger partial charge < -0.3 is 19.5 Å². The molecule has 0 aliphatic rings. The standard InChI is InChI=1S/C23H29NO4/c1-23(2,3)12-11-16-7-9-18(10-8-16)22(25)24-15-17-13-19(26-4)21(28-6)20(14-17)27-5/h7-14H,15H2,1-6H3,(H,24,25). The minimum absolute atomic E-state index is 0.122. The summed E-state index contributed by atoms with van der Waals surface area (Å²) in [6.07, 6.45) is 4.21. The summed E-state index contributed by atoms with van der Waals surface area (Å²) in [6.45, 7) is 6.79. The van der Waals surface area contributed by atoms with Gasteiger partial charge in [0.05, 0.1) is 21.3 Å². The molecule has 0 aliphatic heterocycles. The third-order valence-corrected chi connectivity index (χ3v) is 4.13. The molecule has 2 aromatic rings. The fraction of sp³-hybridized carbons (Fsp3) is 0.348. The van der Waals surface area contributed by atoms with E-state index in [-0.39, 0.29) is 11.3 Å². The molecule has 0 fully saturated rings. The lowest BCUT2D eigenvalue weighted by molar-refractivity contribution is 0.0951. The SMILES string of the molecule is COc1cc(CNC(=O)c2ccc(C=CC(C)(C)C)cc2)cc(OC)c1OC. The average molecular weight is 383 g/mol. The lowest BCUT2D eigenvalue weighted by Gasteiger charge is -2.14. The highest BCUT2D eigenvalue weighted by Gasteiger charge is 2.14. The van der Waals surface area contributed by atoms with E-state index in [1.165, 1.54) is 0 Å². The Morgan fingerprint density at radius 2 is 1.54 bits per heavy atom. The second-order valence-electron chi connectivity index (χ2n) is 7.54. The molecule has 2 aromatic carbocycles. The molecule has 0 bridgehead atoms. The van der Waals surface area contributed by atoms with Crippen LogP contribution in [0.25, 0.3) is 6.08 Å². The minimum atomic E-state index is -0.139. The van der Waals surface area contributed by atoms with Crippen LogP contribution in [0.4, 0.5) is 0 Å². The molecule has 0 radical (unpaired) electrons. The Labute approximate surface area is 167 Å². The normalized spacial score (nSPS) is 11.4. The molecule has 0 atom stereocenters. The first-order chi connectivity index (χ1) is 13.3. The molecular formula is C23H29NO4. The van der Waals surface area contributed by atoms with Gasteiger partial charge in [0.15, 0.2) is 11.5 Å². The smallest absolute Gasteiger partial charge is 0.251 e. The lowest BCUT2D eigenvalue weighted by atomic mass is 9.95. The maximum Gasteiger partial charge on any atom is 0.251 e. The zero-order chi connectivity index (χ0) is 20.7. The van der Waals surface area contributed by atoms with Gasteiger partial charge in [-0.3, -0.25) is 4.79 Å². The summed E-state index contributed by atoms with van der Waals surface area (Å²) in [7, 11) is 4.69. The molecule has 150 valence electrons. The van der Waals surface area contributed by atoms with Gasteiger partial charge in [0.25, 0.3) is 5.91 Å². The van der Waals surface area contributed by atoms with Crippen LogP contribution in [0.2, 0.25) is 0 Å². The quantitative estimate of drug-likeness (QED) is 0.753. The summed E-state index contributed by atoms with van der Waals surface area (Å²) in [5.74, 6) is 1.50. The van der Waals surface area contributed by atoms with Gasteiger partial charge in [-0.05, 0) is 40.8 Å². The zero-order valence-corrected chi connectivity index (χ0v) is 17.5. The number of benzene rings is 2. The van der Waals surface area contributed by atoms with E-state index < -0.39 is 0 Å². The van der Waals surface area contributed by atoms with E-state index in [9.17, 15) is 4.79 Å². The van der Waals surface area contributed by atoms with E-state index in [1.807, 2.05) is 36.4 Å². The summed E-state index contributed by atoms with van der Waals surface area (Å²) in [5.41, 5.74) is 2.65. The van der Waals surface area contributed by atoms with E-state index >= 15 is 0 Å². The van der Waals surface area contributed by atoms with E-state index in [1.54, 1.807) is 21.3 Å². The highest BCUT2D eigenvalue weighted by Crippen LogP contribution is 2.38. The van der Waals surface area contributed by atoms with Gasteiger partial charge in [0.2, 0.25) is 5.75 Å². The number of ether oxygens (including phenoxy) is 3. The monoisotopic (exact) mass is 383 g/mol. The summed E-state index contributed by atoms with van der Waals surface area (Å²) in [5, 5.41) is 2.92. The Bertz CT molecular complexity index is 808. The molecule has 1 N–H and O–H groups in total. The van der Waals surface area contributed by atoms with Crippen molar-refractivity contribution in [1.29, 1.82) is 0 Å². The maximum atomic E-state index is 12.5. The first kappa shape index (κ1) is 21.4. The molecule has 5 heteroatoms. The number of methoxy groups -OCH3 is 3. The molecule has 0 saturated carbocycles. The summed E-state index contributed by atoms with van der Waals surface area (Å²) < 4.78 is 16.0. The van der Waals surface area contributed by atoms with Gasteiger partial charge in [0, 0.05) is 12.1 Å². The summed E-state index contributed by atoms with van der Waals surface area (Å²) in [4.78, 5) is 12.5. The number of allylic oxidation sites excluding steroid dienone is 1. The van der Waals surface area contributed by atoms with E-state index in [2.05, 4.69) is 38.2 Å². The van der Waals surface area contributed by atoms with Crippen LogP contribution in [-0.2, 0) is 6.54 Å². The first-order valence-electron chi connectivity index (χ1n) is 9.14. The molecule has 0 saturated heterocycles. The number of rotatable bonds is 7. The molecule has 2 rings (SSSR count). The van der Waals surface area contributed by atoms with Crippen LogP contribution < -0.4 is 19.5 Å². The predicted molar refractivity (Wildman–Crippen MR) is 112 cm³/mol. The number of carbonyl (C=O) groups is 1. The van der Waals surface area contributed by atoms with Crippen molar-refractivity contribution >= 4 is 12.0 Å². The van der Waals surface area contributed by atoms with Crippen LogP contribution in [0.1, 0.15) is 42.3 Å². The number of hydrogen-bond acceptors (Lipinski definition) is 4. The first-order valence-corrected chi connectivity index (χ1v) is 9.14. The Morgan fingerprint density at radius 3 is 2.00 bits per heavy atom. The van der Waals surface area contributed by atoms with Crippen molar-refractivity contribution in [3.63, 3.8) is 0 Å². The lowest BCUT2D eigenvalue weighted by Crippen LogP contribution is -2.22. The second kappa shape index (κ2) is 9.31. The van der Waals surface area contributed by atoms with E-state index in [0.717, 1.165) is 11.1 Å². The van der Waals surface area contributed by atoms with Crippen molar-refractivity contribution in [1.82, 2.24) is 5.32 Å². The molecule has 0 aromatic heterocycles. The van der Waals surface area contributed by atoms with E-state index in [4.69, 9.17) is 14.2 Å². The van der Waals surface area contributed by atoms with E-state index in [0.29, 0.717) is 29.4 Å². The molecule has 28 heavy (non-hydrogen) atoms. The highest BCUT2D eigenvalue weighted by molar-refractivity contribution is 5.94. The third kappa shape index (κ3) is 5.78. The number of nitrogens with one attached hydrogen (secondary N) is 1. The van der Waals surface area contributed by atoms with Crippen LogP contribution in [0.3, 0.4) is 0 Å². The van der Waals surface area contributed by atoms with Crippen molar-refractivity contribution < 1.29 is 19.0 Å². The van der Waals surface area contributed by atoms with Crippen LogP contribution in [0, 0.1) is 5.41 Å². The van der Waals surface area contributed by atoms with Crippen molar-refractivity contribution in [2.24, 2.45) is 5.41 Å². The van der Waals surface area contributed by atoms with Crippen LogP contribution >= 0.6 is 0 Å². The average Bonchev–Trinajstić information content (AvgIpc) is 2.69. The van der Waals surface area contributed by atoms with Crippen molar-refractivity contribution in [2.75, 3.05) is 21.3 Å². The molecule has 0 heterocycles. The van der Waals surface area contributed by atoms with Gasteiger partial charge >= 0.3 is 0 Å². The number of carbonyl (C=O) groups excluding carboxylic acids is 1. The fourth-order valence-corrected chi connectivity index (χ4v) is 2.61. The summed E-state index contributed by atoms with van der Waals surface area (Å²) in [6, 6.07) is 11.2. The van der Waals surface area contributed by atoms with Crippen LogP contribution in [-0.4, -0.2) is 27.2 Å². The molecule has 0 unspecified atom stereocenters. The van der Waals surface area contributed by atoms with Gasteiger partial charge in [-0.1, -0.05) is 45.1 Å². The predicted octanol–water partition coefficient (Wildman–Crippen LogP) is 4.70. The van der Waals surface area contributed by atoms with Crippen molar-refractivity contribution in [3.8, 4) is 17.2 Å². The largest absolute Gasteiger partial charge is 0.493 e. The second-order valence-corrected chi connectivity index (χ2v) is 7.54. The molecule has 0 aliphatic carbocycles. The van der Waals surface area contributed by atoms with Gasteiger partial charge in [0.1, 0.15) is 0 Å². The Hall–Kier alpha value is -2.95. The van der Waals surface area contributed by atoms with Gasteiger partial charge in [-0.15, -0.1) is 0 Å². The van der Waals surface area contributed by atoms with Gasteiger partial charge in [-0.25, -0.2) is 0 Å². The third-order valence-electron chi connectivity index (χ3n) is 4.13. The van der Waals surface area contributed by atoms with Crippen LogP contribution in [0.5, 0.6) is 17.2 Å². The molecule has 1 amide bonds. The molecule has 5 nitrogen and oxygen atoms in total. The number of amides is 1. The van der Waals surface area contributed by atoms with Gasteiger partial charge in [-0.2, -0.15) is 0 Å². The van der Waals surface area contributed by atoms with Crippen molar-refractivity contribution in [2.45, 2.75) is 27.3 Å². The Balaban J connectivity index is 2.07. The number of hydrogen-bond donors (Lipinski definition) is 1.